The second-order valence-corrected chi connectivity index (χ2v) is 5.50. The summed E-state index contributed by atoms with van der Waals surface area (Å²) in [7, 11) is 0. The topological polar surface area (TPSA) is 111 Å². The monoisotopic (exact) mass is 295 g/mol. The number of benzene rings is 1. The molecule has 1 rings (SSSR count). The molecule has 1 aromatic rings. The van der Waals surface area contributed by atoms with Gasteiger partial charge in [0.25, 0.3) is 0 Å². The number of amidine groups is 1. The van der Waals surface area contributed by atoms with E-state index in [1.165, 1.54) is 6.07 Å². The van der Waals surface area contributed by atoms with Crippen molar-refractivity contribution in [2.45, 2.75) is 33.6 Å². The normalized spacial score (nSPS) is 12.2. The fourth-order valence-corrected chi connectivity index (χ4v) is 1.92. The number of oxime groups is 1. The predicted octanol–water partition coefficient (Wildman–Crippen LogP) is 2.83. The van der Waals surface area contributed by atoms with Gasteiger partial charge >= 0.3 is 5.69 Å². The van der Waals surface area contributed by atoms with Gasteiger partial charge in [-0.1, -0.05) is 31.1 Å². The van der Waals surface area contributed by atoms with Gasteiger partial charge in [0, 0.05) is 11.5 Å². The maximum atomic E-state index is 11.0. The Bertz CT molecular complexity index is 541. The van der Waals surface area contributed by atoms with Crippen molar-refractivity contribution in [3.8, 4) is 5.75 Å². The minimum Gasteiger partial charge on any atom is -0.487 e. The number of nitrogens with two attached hydrogens (primary N) is 1. The molecule has 0 aliphatic heterocycles. The Labute approximate surface area is 123 Å². The van der Waals surface area contributed by atoms with Crippen molar-refractivity contribution >= 4 is 11.5 Å². The molecule has 3 N–H and O–H groups in total. The largest absolute Gasteiger partial charge is 0.487 e. The third-order valence-corrected chi connectivity index (χ3v) is 3.38. The van der Waals surface area contributed by atoms with E-state index in [4.69, 9.17) is 15.7 Å². The Hall–Kier alpha value is -2.31. The zero-order valence-electron chi connectivity index (χ0n) is 12.5. The van der Waals surface area contributed by atoms with Crippen LogP contribution < -0.4 is 10.5 Å². The van der Waals surface area contributed by atoms with Crippen molar-refractivity contribution in [3.63, 3.8) is 0 Å². The second-order valence-electron chi connectivity index (χ2n) is 5.50. The molecule has 0 spiro atoms. The molecule has 21 heavy (non-hydrogen) atoms. The molecule has 1 aromatic carbocycles. The van der Waals surface area contributed by atoms with Crippen molar-refractivity contribution in [2.75, 3.05) is 6.61 Å². The standard InChI is InChI=1S/C14H21N3O4/c1-10-6-4-7-11(17(19)20)12(10)21-9-5-8-14(2,3)13(15)16-18/h4,6-7,18H,5,8-9H2,1-3H3,(H2,15,16). The molecule has 0 saturated heterocycles. The van der Waals surface area contributed by atoms with Gasteiger partial charge in [0.2, 0.25) is 0 Å². The van der Waals surface area contributed by atoms with Crippen molar-refractivity contribution in [3.05, 3.63) is 33.9 Å². The van der Waals surface area contributed by atoms with E-state index in [-0.39, 0.29) is 11.5 Å². The van der Waals surface area contributed by atoms with E-state index in [0.29, 0.717) is 25.2 Å². The van der Waals surface area contributed by atoms with E-state index >= 15 is 0 Å². The lowest BCUT2D eigenvalue weighted by atomic mass is 9.87. The first kappa shape index (κ1) is 16.7. The molecule has 0 atom stereocenters. The highest BCUT2D eigenvalue weighted by molar-refractivity contribution is 5.85. The molecule has 0 fully saturated rings. The van der Waals surface area contributed by atoms with E-state index < -0.39 is 10.3 Å². The zero-order valence-corrected chi connectivity index (χ0v) is 12.5. The quantitative estimate of drug-likeness (QED) is 0.201. The maximum Gasteiger partial charge on any atom is 0.311 e. The third-order valence-electron chi connectivity index (χ3n) is 3.38. The minimum absolute atomic E-state index is 0.0364. The Kier molecular flexibility index (Phi) is 5.52. The van der Waals surface area contributed by atoms with Crippen LogP contribution in [0.1, 0.15) is 32.3 Å². The molecule has 7 nitrogen and oxygen atoms in total. The van der Waals surface area contributed by atoms with E-state index in [2.05, 4.69) is 5.16 Å². The van der Waals surface area contributed by atoms with Gasteiger partial charge in [0.05, 0.1) is 11.5 Å². The van der Waals surface area contributed by atoms with E-state index in [1.54, 1.807) is 19.1 Å². The van der Waals surface area contributed by atoms with Crippen molar-refractivity contribution < 1.29 is 14.9 Å². The minimum atomic E-state index is -0.456. The van der Waals surface area contributed by atoms with E-state index in [9.17, 15) is 10.1 Å². The Morgan fingerprint density at radius 3 is 2.76 bits per heavy atom. The number of nitrogens with zero attached hydrogens (tertiary/aromatic N) is 2. The van der Waals surface area contributed by atoms with Gasteiger partial charge in [-0.25, -0.2) is 0 Å². The van der Waals surface area contributed by atoms with Crippen LogP contribution in [-0.2, 0) is 0 Å². The molecule has 0 unspecified atom stereocenters. The lowest BCUT2D eigenvalue weighted by Crippen LogP contribution is -2.32. The Morgan fingerprint density at radius 2 is 2.19 bits per heavy atom. The predicted molar refractivity (Wildman–Crippen MR) is 79.8 cm³/mol. The fourth-order valence-electron chi connectivity index (χ4n) is 1.92. The first-order chi connectivity index (χ1) is 9.79. The van der Waals surface area contributed by atoms with Gasteiger partial charge in [-0.05, 0) is 25.3 Å². The van der Waals surface area contributed by atoms with Crippen LogP contribution in [0.15, 0.2) is 23.4 Å². The lowest BCUT2D eigenvalue weighted by molar-refractivity contribution is -0.385. The molecule has 0 heterocycles. The first-order valence-electron chi connectivity index (χ1n) is 6.64. The van der Waals surface area contributed by atoms with Gasteiger partial charge in [0.1, 0.15) is 5.84 Å². The number of hydrogen-bond donors (Lipinski definition) is 2. The molecule has 0 saturated carbocycles. The molecular weight excluding hydrogens is 274 g/mol. The molecule has 116 valence electrons. The molecular formula is C14H21N3O4. The van der Waals surface area contributed by atoms with Crippen LogP contribution >= 0.6 is 0 Å². The lowest BCUT2D eigenvalue weighted by Gasteiger charge is -2.22. The van der Waals surface area contributed by atoms with Crippen LogP contribution in [0.2, 0.25) is 0 Å². The summed E-state index contributed by atoms with van der Waals surface area (Å²) < 4.78 is 5.55. The van der Waals surface area contributed by atoms with E-state index in [1.807, 2.05) is 13.8 Å². The average Bonchev–Trinajstić information content (AvgIpc) is 2.43. The van der Waals surface area contributed by atoms with Gasteiger partial charge in [-0.3, -0.25) is 10.1 Å². The van der Waals surface area contributed by atoms with Crippen LogP contribution in [-0.4, -0.2) is 22.6 Å². The molecule has 0 radical (unpaired) electrons. The third kappa shape index (κ3) is 4.34. The summed E-state index contributed by atoms with van der Waals surface area (Å²) in [6.45, 7) is 5.81. The van der Waals surface area contributed by atoms with E-state index in [0.717, 1.165) is 5.56 Å². The second kappa shape index (κ2) is 6.92. The summed E-state index contributed by atoms with van der Waals surface area (Å²) in [6.07, 6.45) is 1.28. The van der Waals surface area contributed by atoms with Crippen molar-refractivity contribution in [2.24, 2.45) is 16.3 Å². The number of hydrogen-bond acceptors (Lipinski definition) is 5. The Morgan fingerprint density at radius 1 is 1.52 bits per heavy atom. The highest BCUT2D eigenvalue weighted by atomic mass is 16.6. The van der Waals surface area contributed by atoms with Crippen LogP contribution in [0.3, 0.4) is 0 Å². The van der Waals surface area contributed by atoms with Gasteiger partial charge < -0.3 is 15.7 Å². The molecule has 0 bridgehead atoms. The summed E-state index contributed by atoms with van der Waals surface area (Å²) in [6, 6.07) is 4.81. The highest BCUT2D eigenvalue weighted by Gasteiger charge is 2.23. The van der Waals surface area contributed by atoms with Gasteiger partial charge in [-0.15, -0.1) is 0 Å². The maximum absolute atomic E-state index is 11.0. The number of para-hydroxylation sites is 1. The number of nitro groups is 1. The zero-order chi connectivity index (χ0) is 16.0. The van der Waals surface area contributed by atoms with Crippen LogP contribution in [0.4, 0.5) is 5.69 Å². The number of rotatable bonds is 7. The summed E-state index contributed by atoms with van der Waals surface area (Å²) in [5.74, 6) is 0.452. The van der Waals surface area contributed by atoms with Crippen molar-refractivity contribution in [1.29, 1.82) is 0 Å². The SMILES string of the molecule is Cc1cccc([N+](=O)[O-])c1OCCCC(C)(C)/C(N)=N/O. The first-order valence-corrected chi connectivity index (χ1v) is 6.64. The molecule has 0 aliphatic carbocycles. The number of aryl methyl sites for hydroxylation is 1. The summed E-state index contributed by atoms with van der Waals surface area (Å²) in [5.41, 5.74) is 5.84. The van der Waals surface area contributed by atoms with Crippen LogP contribution in [0, 0.1) is 22.5 Å². The average molecular weight is 295 g/mol. The smallest absolute Gasteiger partial charge is 0.311 e. The fraction of sp³-hybridized carbons (Fsp3) is 0.500. The molecule has 7 heteroatoms. The highest BCUT2D eigenvalue weighted by Crippen LogP contribution is 2.31. The van der Waals surface area contributed by atoms with Crippen LogP contribution in [0.5, 0.6) is 5.75 Å². The number of nitro benzene ring substituents is 1. The van der Waals surface area contributed by atoms with Crippen LogP contribution in [0.25, 0.3) is 0 Å². The Balaban J connectivity index is 2.64. The number of ether oxygens (including phenoxy) is 1. The molecule has 0 aliphatic rings. The van der Waals surface area contributed by atoms with Gasteiger partial charge in [0.15, 0.2) is 5.75 Å². The summed E-state index contributed by atoms with van der Waals surface area (Å²) in [5, 5.41) is 22.7. The molecule has 0 amide bonds. The van der Waals surface area contributed by atoms with Crippen molar-refractivity contribution in [1.82, 2.24) is 0 Å². The summed E-state index contributed by atoms with van der Waals surface area (Å²) in [4.78, 5) is 10.5. The molecule has 0 aromatic heterocycles. The summed E-state index contributed by atoms with van der Waals surface area (Å²) >= 11 is 0. The van der Waals surface area contributed by atoms with Gasteiger partial charge in [-0.2, -0.15) is 0 Å².